The highest BCUT2D eigenvalue weighted by atomic mass is 127. The second-order valence-corrected chi connectivity index (χ2v) is 5.04. The fourth-order valence-electron chi connectivity index (χ4n) is 1.83. The molecule has 0 amide bonds. The molecule has 7 nitrogen and oxygen atoms in total. The molecule has 0 aliphatic rings. The van der Waals surface area contributed by atoms with Crippen molar-refractivity contribution in [2.45, 2.75) is 19.8 Å². The summed E-state index contributed by atoms with van der Waals surface area (Å²) in [6.07, 6.45) is 3.27. The number of aryl methyl sites for hydroxylation is 1. The van der Waals surface area contributed by atoms with Gasteiger partial charge >= 0.3 is 0 Å². The van der Waals surface area contributed by atoms with Gasteiger partial charge < -0.3 is 15.2 Å². The van der Waals surface area contributed by atoms with Crippen LogP contribution in [0.2, 0.25) is 5.15 Å². The van der Waals surface area contributed by atoms with Crippen molar-refractivity contribution in [1.82, 2.24) is 25.8 Å². The summed E-state index contributed by atoms with van der Waals surface area (Å²) >= 11 is 5.75. The number of rotatable bonds is 6. The van der Waals surface area contributed by atoms with Crippen molar-refractivity contribution in [3.8, 4) is 0 Å². The van der Waals surface area contributed by atoms with E-state index in [1.807, 2.05) is 6.07 Å². The molecule has 2 heterocycles. The van der Waals surface area contributed by atoms with Crippen LogP contribution in [0.1, 0.15) is 17.3 Å². The number of hydrogen-bond donors (Lipinski definition) is 2. The van der Waals surface area contributed by atoms with Crippen molar-refractivity contribution in [1.29, 1.82) is 0 Å². The van der Waals surface area contributed by atoms with Gasteiger partial charge in [0.05, 0.1) is 0 Å². The number of nitrogens with zero attached hydrogens (tertiary/aromatic N) is 4. The molecular formula is C14H20ClIN6O. The van der Waals surface area contributed by atoms with E-state index in [-0.39, 0.29) is 24.0 Å². The Morgan fingerprint density at radius 1 is 1.26 bits per heavy atom. The van der Waals surface area contributed by atoms with Crippen molar-refractivity contribution in [2.24, 2.45) is 4.99 Å². The Hall–Kier alpha value is -1.42. The molecule has 23 heavy (non-hydrogen) atoms. The summed E-state index contributed by atoms with van der Waals surface area (Å²) in [6.45, 7) is 3.22. The third-order valence-electron chi connectivity index (χ3n) is 2.92. The first kappa shape index (κ1) is 19.6. The molecule has 126 valence electrons. The number of aliphatic imine (C=N–C) groups is 1. The molecule has 2 aromatic rings. The topological polar surface area (TPSA) is 88.2 Å². The summed E-state index contributed by atoms with van der Waals surface area (Å²) < 4.78 is 5.05. The van der Waals surface area contributed by atoms with Gasteiger partial charge in [0.2, 0.25) is 5.89 Å². The number of guanidine groups is 1. The summed E-state index contributed by atoms with van der Waals surface area (Å²) in [7, 11) is 1.73. The summed E-state index contributed by atoms with van der Waals surface area (Å²) in [5.41, 5.74) is 1.12. The summed E-state index contributed by atoms with van der Waals surface area (Å²) in [6, 6.07) is 3.75. The minimum absolute atomic E-state index is 0. The lowest BCUT2D eigenvalue weighted by Crippen LogP contribution is -2.39. The summed E-state index contributed by atoms with van der Waals surface area (Å²) in [4.78, 5) is 12.4. The summed E-state index contributed by atoms with van der Waals surface area (Å²) in [5.74, 6) is 2.00. The number of pyridine rings is 1. The fraction of sp³-hybridized carbons (Fsp3) is 0.429. The van der Waals surface area contributed by atoms with E-state index in [1.54, 1.807) is 26.2 Å². The average Bonchev–Trinajstić information content (AvgIpc) is 2.93. The van der Waals surface area contributed by atoms with Crippen LogP contribution < -0.4 is 10.6 Å². The van der Waals surface area contributed by atoms with Crippen LogP contribution in [0.5, 0.6) is 0 Å². The van der Waals surface area contributed by atoms with E-state index in [9.17, 15) is 0 Å². The first-order valence-electron chi connectivity index (χ1n) is 7.01. The highest BCUT2D eigenvalue weighted by Crippen LogP contribution is 2.05. The molecule has 0 saturated heterocycles. The zero-order valence-corrected chi connectivity index (χ0v) is 16.1. The third kappa shape index (κ3) is 7.12. The maximum absolute atomic E-state index is 5.75. The molecule has 0 aliphatic heterocycles. The van der Waals surface area contributed by atoms with Gasteiger partial charge in [-0.3, -0.25) is 4.99 Å². The average molecular weight is 451 g/mol. The Labute approximate surface area is 157 Å². The van der Waals surface area contributed by atoms with Gasteiger partial charge in [0.1, 0.15) is 5.15 Å². The van der Waals surface area contributed by atoms with Gasteiger partial charge in [-0.25, -0.2) is 4.98 Å². The second kappa shape index (κ2) is 10.4. The van der Waals surface area contributed by atoms with Gasteiger partial charge in [0.15, 0.2) is 11.8 Å². The molecule has 0 bridgehead atoms. The zero-order chi connectivity index (χ0) is 15.8. The largest absolute Gasteiger partial charge is 0.356 e. The molecule has 9 heteroatoms. The predicted molar refractivity (Wildman–Crippen MR) is 100 cm³/mol. The Kier molecular flexibility index (Phi) is 8.85. The lowest BCUT2D eigenvalue weighted by Gasteiger charge is -2.10. The first-order valence-corrected chi connectivity index (χ1v) is 7.39. The van der Waals surface area contributed by atoms with Crippen LogP contribution in [0, 0.1) is 6.92 Å². The lowest BCUT2D eigenvalue weighted by molar-refractivity contribution is 0.374. The van der Waals surface area contributed by atoms with E-state index in [0.717, 1.165) is 24.5 Å². The van der Waals surface area contributed by atoms with Crippen molar-refractivity contribution < 1.29 is 4.52 Å². The maximum atomic E-state index is 5.75. The van der Waals surface area contributed by atoms with E-state index < -0.39 is 0 Å². The van der Waals surface area contributed by atoms with Gasteiger partial charge in [-0.2, -0.15) is 4.98 Å². The van der Waals surface area contributed by atoms with Crippen molar-refractivity contribution in [3.05, 3.63) is 40.8 Å². The molecule has 0 saturated carbocycles. The second-order valence-electron chi connectivity index (χ2n) is 4.65. The van der Waals surface area contributed by atoms with E-state index in [0.29, 0.717) is 29.8 Å². The van der Waals surface area contributed by atoms with Crippen molar-refractivity contribution in [2.75, 3.05) is 20.1 Å². The van der Waals surface area contributed by atoms with Crippen LogP contribution in [0.3, 0.4) is 0 Å². The Morgan fingerprint density at radius 2 is 2.00 bits per heavy atom. The van der Waals surface area contributed by atoms with Crippen molar-refractivity contribution >= 4 is 41.5 Å². The third-order valence-corrected chi connectivity index (χ3v) is 3.14. The van der Waals surface area contributed by atoms with E-state index in [4.69, 9.17) is 16.1 Å². The SMILES string of the molecule is CN=C(NCCc1ccc(Cl)nc1)NCCc1nc(C)no1.I. The molecule has 2 rings (SSSR count). The smallest absolute Gasteiger partial charge is 0.228 e. The molecule has 2 aromatic heterocycles. The van der Waals surface area contributed by atoms with Crippen LogP contribution >= 0.6 is 35.6 Å². The Morgan fingerprint density at radius 3 is 2.57 bits per heavy atom. The molecule has 0 atom stereocenters. The number of aromatic nitrogens is 3. The molecular weight excluding hydrogens is 431 g/mol. The minimum atomic E-state index is 0. The Balaban J connectivity index is 0.00000264. The molecule has 0 spiro atoms. The monoisotopic (exact) mass is 450 g/mol. The maximum Gasteiger partial charge on any atom is 0.228 e. The number of nitrogens with one attached hydrogen (secondary N) is 2. The number of hydrogen-bond acceptors (Lipinski definition) is 5. The van der Waals surface area contributed by atoms with Crippen LogP contribution in [-0.2, 0) is 12.8 Å². The van der Waals surface area contributed by atoms with Crippen LogP contribution in [0.4, 0.5) is 0 Å². The van der Waals surface area contributed by atoms with Gasteiger partial charge in [-0.1, -0.05) is 22.8 Å². The molecule has 0 unspecified atom stereocenters. The number of halogens is 2. The fourth-order valence-corrected chi connectivity index (χ4v) is 1.94. The standard InChI is InChI=1S/C14H19ClN6O.HI/c1-10-20-13(22-21-10)6-8-18-14(16-2)17-7-5-11-3-4-12(15)19-9-11;/h3-4,9H,5-8H2,1-2H3,(H2,16,17,18);1H. The highest BCUT2D eigenvalue weighted by molar-refractivity contribution is 14.0. The van der Waals surface area contributed by atoms with Gasteiger partial charge in [-0.15, -0.1) is 24.0 Å². The highest BCUT2D eigenvalue weighted by Gasteiger charge is 2.03. The van der Waals surface area contributed by atoms with Gasteiger partial charge in [0, 0.05) is 32.8 Å². The molecule has 2 N–H and O–H groups in total. The first-order chi connectivity index (χ1) is 10.7. The molecule has 0 aliphatic carbocycles. The lowest BCUT2D eigenvalue weighted by atomic mass is 10.2. The normalized spacial score (nSPS) is 11.0. The quantitative estimate of drug-likeness (QED) is 0.303. The van der Waals surface area contributed by atoms with E-state index in [2.05, 4.69) is 30.8 Å². The van der Waals surface area contributed by atoms with Crippen molar-refractivity contribution in [3.63, 3.8) is 0 Å². The predicted octanol–water partition coefficient (Wildman–Crippen LogP) is 1.99. The molecule has 0 aromatic carbocycles. The van der Waals surface area contributed by atoms with Crippen LogP contribution in [0.25, 0.3) is 0 Å². The van der Waals surface area contributed by atoms with E-state index >= 15 is 0 Å². The van der Waals surface area contributed by atoms with E-state index in [1.165, 1.54) is 0 Å². The van der Waals surface area contributed by atoms with Crippen LogP contribution in [0.15, 0.2) is 27.8 Å². The summed E-state index contributed by atoms with van der Waals surface area (Å²) in [5, 5.41) is 10.7. The van der Waals surface area contributed by atoms with Gasteiger partial charge in [-0.05, 0) is 25.0 Å². The molecule has 0 radical (unpaired) electrons. The minimum Gasteiger partial charge on any atom is -0.356 e. The Bertz CT molecular complexity index is 616. The zero-order valence-electron chi connectivity index (χ0n) is 13.0. The van der Waals surface area contributed by atoms with Gasteiger partial charge in [0.25, 0.3) is 0 Å². The molecule has 0 fully saturated rings. The van der Waals surface area contributed by atoms with Crippen LogP contribution in [-0.4, -0.2) is 41.2 Å².